The van der Waals surface area contributed by atoms with Gasteiger partial charge in [-0.1, -0.05) is 0 Å². The summed E-state index contributed by atoms with van der Waals surface area (Å²) in [6, 6.07) is 7.68. The van der Waals surface area contributed by atoms with Gasteiger partial charge in [-0.3, -0.25) is 4.98 Å². The highest BCUT2D eigenvalue weighted by atomic mass is 79.9. The predicted molar refractivity (Wildman–Crippen MR) is 73.7 cm³/mol. The van der Waals surface area contributed by atoms with Crippen LogP contribution in [0.2, 0.25) is 0 Å². The van der Waals surface area contributed by atoms with Crippen LogP contribution in [0.25, 0.3) is 27.9 Å². The molecule has 0 aliphatic rings. The molecule has 0 aromatic carbocycles. The second kappa shape index (κ2) is 3.89. The average molecular weight is 315 g/mol. The maximum atomic E-state index is 5.84. The van der Waals surface area contributed by atoms with Crippen LogP contribution in [0.1, 0.15) is 0 Å². The number of hydrogen-bond acceptors (Lipinski definition) is 4. The van der Waals surface area contributed by atoms with Crippen LogP contribution in [-0.2, 0) is 0 Å². The zero-order chi connectivity index (χ0) is 12.8. The van der Waals surface area contributed by atoms with Crippen LogP contribution in [-0.4, -0.2) is 19.6 Å². The van der Waals surface area contributed by atoms with Crippen molar-refractivity contribution in [1.29, 1.82) is 0 Å². The Morgan fingerprint density at radius 2 is 2.21 bits per heavy atom. The summed E-state index contributed by atoms with van der Waals surface area (Å²) in [5.74, 6) is 0.773. The molecule has 0 atom stereocenters. The first-order chi connectivity index (χ1) is 9.31. The van der Waals surface area contributed by atoms with Gasteiger partial charge in [0.05, 0.1) is 5.39 Å². The van der Waals surface area contributed by atoms with Gasteiger partial charge in [0.25, 0.3) is 0 Å². The van der Waals surface area contributed by atoms with E-state index >= 15 is 0 Å². The molecule has 0 amide bonds. The summed E-state index contributed by atoms with van der Waals surface area (Å²) in [5.41, 5.74) is 2.49. The quantitative estimate of drug-likeness (QED) is 0.541. The molecule has 5 nitrogen and oxygen atoms in total. The summed E-state index contributed by atoms with van der Waals surface area (Å²) in [7, 11) is 0. The smallest absolute Gasteiger partial charge is 0.218 e. The van der Waals surface area contributed by atoms with Gasteiger partial charge in [-0.15, -0.1) is 5.10 Å². The summed E-state index contributed by atoms with van der Waals surface area (Å²) in [6.07, 6.45) is 5.33. The van der Waals surface area contributed by atoms with Gasteiger partial charge in [0.2, 0.25) is 4.73 Å². The lowest BCUT2D eigenvalue weighted by Gasteiger charge is -1.92. The molecule has 0 saturated carbocycles. The van der Waals surface area contributed by atoms with E-state index in [9.17, 15) is 0 Å². The number of furan rings is 1. The van der Waals surface area contributed by atoms with Crippen molar-refractivity contribution < 1.29 is 4.42 Å². The number of halogens is 1. The minimum atomic E-state index is 0.559. The third kappa shape index (κ3) is 1.64. The number of hydrogen-bond donors (Lipinski definition) is 0. The molecule has 0 fully saturated rings. The lowest BCUT2D eigenvalue weighted by molar-refractivity contribution is 0.630. The van der Waals surface area contributed by atoms with Crippen LogP contribution in [0.15, 0.2) is 52.0 Å². The Balaban J connectivity index is 2.03. The highest BCUT2D eigenvalue weighted by Crippen LogP contribution is 2.29. The molecule has 4 rings (SSSR count). The lowest BCUT2D eigenvalue weighted by atomic mass is 10.2. The maximum Gasteiger partial charge on any atom is 0.218 e. The predicted octanol–water partition coefficient (Wildman–Crippen LogP) is 3.30. The number of rotatable bonds is 1. The molecule has 4 heterocycles. The van der Waals surface area contributed by atoms with Crippen LogP contribution in [0.3, 0.4) is 0 Å². The third-order valence-electron chi connectivity index (χ3n) is 2.92. The van der Waals surface area contributed by atoms with Gasteiger partial charge in [-0.2, -0.15) is 0 Å². The van der Waals surface area contributed by atoms with E-state index in [-0.39, 0.29) is 0 Å². The molecule has 19 heavy (non-hydrogen) atoms. The molecule has 0 aliphatic heterocycles. The SMILES string of the molecule is Brc1nc2c3cc(-c4cccnc4)oc3ccn2n1. The van der Waals surface area contributed by atoms with Crippen molar-refractivity contribution in [2.45, 2.75) is 0 Å². The first-order valence-corrected chi connectivity index (χ1v) is 6.45. The number of nitrogens with zero attached hydrogens (tertiary/aromatic N) is 4. The summed E-state index contributed by atoms with van der Waals surface area (Å²) in [5, 5.41) is 5.14. The van der Waals surface area contributed by atoms with Gasteiger partial charge < -0.3 is 4.42 Å². The Bertz CT molecular complexity index is 882. The Kier molecular flexibility index (Phi) is 2.19. The summed E-state index contributed by atoms with van der Waals surface area (Å²) >= 11 is 3.28. The molecular formula is C13H7BrN4O. The maximum absolute atomic E-state index is 5.84. The number of pyridine rings is 2. The monoisotopic (exact) mass is 314 g/mol. The molecule has 4 aromatic rings. The molecule has 0 bridgehead atoms. The molecule has 0 saturated heterocycles. The van der Waals surface area contributed by atoms with E-state index < -0.39 is 0 Å². The third-order valence-corrected chi connectivity index (χ3v) is 3.26. The van der Waals surface area contributed by atoms with E-state index in [4.69, 9.17) is 4.42 Å². The fourth-order valence-corrected chi connectivity index (χ4v) is 2.42. The fraction of sp³-hybridized carbons (Fsp3) is 0. The van der Waals surface area contributed by atoms with E-state index in [2.05, 4.69) is 31.0 Å². The van der Waals surface area contributed by atoms with Gasteiger partial charge in [0, 0.05) is 24.2 Å². The zero-order valence-electron chi connectivity index (χ0n) is 9.62. The summed E-state index contributed by atoms with van der Waals surface area (Å²) in [4.78, 5) is 8.44. The second-order valence-corrected chi connectivity index (χ2v) is 4.80. The lowest BCUT2D eigenvalue weighted by Crippen LogP contribution is -1.84. The summed E-state index contributed by atoms with van der Waals surface area (Å²) in [6.45, 7) is 0. The van der Waals surface area contributed by atoms with Crippen molar-refractivity contribution in [3.8, 4) is 11.3 Å². The highest BCUT2D eigenvalue weighted by Gasteiger charge is 2.11. The molecule has 6 heteroatoms. The standard InChI is InChI=1S/C13H7BrN4O/c14-13-16-12-9-6-11(8-2-1-4-15-7-8)19-10(9)3-5-18(12)17-13/h1-7H. The Labute approximate surface area is 116 Å². The Morgan fingerprint density at radius 3 is 3.05 bits per heavy atom. The van der Waals surface area contributed by atoms with Gasteiger partial charge in [0.15, 0.2) is 5.65 Å². The number of fused-ring (bicyclic) bond motifs is 3. The second-order valence-electron chi connectivity index (χ2n) is 4.10. The van der Waals surface area contributed by atoms with Gasteiger partial charge in [-0.25, -0.2) is 9.50 Å². The van der Waals surface area contributed by atoms with Crippen LogP contribution >= 0.6 is 15.9 Å². The van der Waals surface area contributed by atoms with E-state index in [0.717, 1.165) is 27.9 Å². The van der Waals surface area contributed by atoms with Crippen molar-refractivity contribution in [2.75, 3.05) is 0 Å². The summed E-state index contributed by atoms with van der Waals surface area (Å²) < 4.78 is 8.11. The van der Waals surface area contributed by atoms with E-state index in [1.165, 1.54) is 0 Å². The van der Waals surface area contributed by atoms with Crippen LogP contribution in [0.4, 0.5) is 0 Å². The normalized spacial score (nSPS) is 11.4. The van der Waals surface area contributed by atoms with Gasteiger partial charge in [-0.05, 0) is 40.2 Å². The van der Waals surface area contributed by atoms with Crippen LogP contribution in [0.5, 0.6) is 0 Å². The largest absolute Gasteiger partial charge is 0.456 e. The van der Waals surface area contributed by atoms with E-state index in [0.29, 0.717) is 4.73 Å². The van der Waals surface area contributed by atoms with Crippen LogP contribution < -0.4 is 0 Å². The molecule has 0 spiro atoms. The van der Waals surface area contributed by atoms with Crippen molar-refractivity contribution in [1.82, 2.24) is 19.6 Å². The fourth-order valence-electron chi connectivity index (χ4n) is 2.08. The first-order valence-electron chi connectivity index (χ1n) is 5.66. The molecule has 0 N–H and O–H groups in total. The van der Waals surface area contributed by atoms with E-state index in [1.807, 2.05) is 30.5 Å². The van der Waals surface area contributed by atoms with Gasteiger partial charge in [0.1, 0.15) is 11.3 Å². The molecule has 92 valence electrons. The van der Waals surface area contributed by atoms with Crippen LogP contribution in [0, 0.1) is 0 Å². The Morgan fingerprint density at radius 1 is 1.26 bits per heavy atom. The minimum absolute atomic E-state index is 0.559. The Hall–Kier alpha value is -2.21. The van der Waals surface area contributed by atoms with Crippen molar-refractivity contribution in [2.24, 2.45) is 0 Å². The average Bonchev–Trinajstić information content (AvgIpc) is 3.01. The first kappa shape index (κ1) is 10.7. The van der Waals surface area contributed by atoms with Crippen molar-refractivity contribution >= 4 is 32.5 Å². The molecular weight excluding hydrogens is 308 g/mol. The van der Waals surface area contributed by atoms with Gasteiger partial charge >= 0.3 is 0 Å². The molecule has 4 aromatic heterocycles. The zero-order valence-corrected chi connectivity index (χ0v) is 11.2. The highest BCUT2D eigenvalue weighted by molar-refractivity contribution is 9.10. The molecule has 0 unspecified atom stereocenters. The minimum Gasteiger partial charge on any atom is -0.456 e. The van der Waals surface area contributed by atoms with E-state index in [1.54, 1.807) is 16.9 Å². The number of aromatic nitrogens is 4. The van der Waals surface area contributed by atoms with Crippen molar-refractivity contribution in [3.05, 3.63) is 47.6 Å². The molecule has 0 aliphatic carbocycles. The topological polar surface area (TPSA) is 56.2 Å². The van der Waals surface area contributed by atoms with Crippen molar-refractivity contribution in [3.63, 3.8) is 0 Å². The molecule has 0 radical (unpaired) electrons.